The van der Waals surface area contributed by atoms with Gasteiger partial charge >= 0.3 is 5.97 Å². The van der Waals surface area contributed by atoms with Crippen LogP contribution in [0.25, 0.3) is 22.3 Å². The van der Waals surface area contributed by atoms with Crippen LogP contribution in [0.15, 0.2) is 36.5 Å². The van der Waals surface area contributed by atoms with Gasteiger partial charge in [0.1, 0.15) is 0 Å². The molecule has 0 bridgehead atoms. The first kappa shape index (κ1) is 15.3. The predicted molar refractivity (Wildman–Crippen MR) is 91.6 cm³/mol. The third-order valence-electron chi connectivity index (χ3n) is 4.08. The molecule has 0 amide bonds. The maximum Gasteiger partial charge on any atom is 0.303 e. The number of H-pyrrole nitrogens is 1. The van der Waals surface area contributed by atoms with Crippen LogP contribution in [0.4, 0.5) is 0 Å². The second-order valence-electron chi connectivity index (χ2n) is 5.95. The lowest BCUT2D eigenvalue weighted by atomic mass is 9.98. The van der Waals surface area contributed by atoms with E-state index in [0.29, 0.717) is 6.42 Å². The number of pyridine rings is 1. The van der Waals surface area contributed by atoms with E-state index in [0.717, 1.165) is 28.9 Å². The van der Waals surface area contributed by atoms with Gasteiger partial charge < -0.3 is 10.1 Å². The summed E-state index contributed by atoms with van der Waals surface area (Å²) in [6, 6.07) is 10.1. The largest absolute Gasteiger partial charge is 0.481 e. The molecule has 3 aromatic rings. The number of nitrogens with zero attached hydrogens (tertiary/aromatic N) is 1. The minimum Gasteiger partial charge on any atom is -0.481 e. The highest BCUT2D eigenvalue weighted by molar-refractivity contribution is 5.93. The number of aromatic nitrogens is 2. The number of rotatable bonds is 5. The number of aromatic amines is 1. The maximum absolute atomic E-state index is 10.8. The fraction of sp³-hybridized carbons (Fsp3) is 0.263. The van der Waals surface area contributed by atoms with Crippen LogP contribution in [0.5, 0.6) is 0 Å². The first-order valence-electron chi connectivity index (χ1n) is 7.81. The number of carboxylic acids is 1. The number of hydrogen-bond donors (Lipinski definition) is 2. The van der Waals surface area contributed by atoms with Crippen molar-refractivity contribution >= 4 is 16.9 Å². The molecule has 1 aromatic carbocycles. The Morgan fingerprint density at radius 2 is 2.09 bits per heavy atom. The van der Waals surface area contributed by atoms with Gasteiger partial charge in [-0.05, 0) is 61.6 Å². The Balaban J connectivity index is 2.14. The number of fused-ring (bicyclic) bond motifs is 1. The van der Waals surface area contributed by atoms with E-state index in [-0.39, 0.29) is 6.42 Å². The molecule has 4 heteroatoms. The lowest BCUT2D eigenvalue weighted by Crippen LogP contribution is -1.97. The zero-order valence-electron chi connectivity index (χ0n) is 13.4. The molecule has 23 heavy (non-hydrogen) atoms. The van der Waals surface area contributed by atoms with Crippen molar-refractivity contribution in [2.45, 2.75) is 33.1 Å². The van der Waals surface area contributed by atoms with E-state index >= 15 is 0 Å². The first-order valence-corrected chi connectivity index (χ1v) is 7.81. The van der Waals surface area contributed by atoms with Crippen molar-refractivity contribution in [3.8, 4) is 11.4 Å². The summed E-state index contributed by atoms with van der Waals surface area (Å²) < 4.78 is 0. The van der Waals surface area contributed by atoms with E-state index in [1.807, 2.05) is 18.2 Å². The van der Waals surface area contributed by atoms with E-state index < -0.39 is 5.97 Å². The summed E-state index contributed by atoms with van der Waals surface area (Å²) in [5, 5.41) is 10.1. The van der Waals surface area contributed by atoms with Gasteiger partial charge in [0.05, 0.1) is 11.4 Å². The summed E-state index contributed by atoms with van der Waals surface area (Å²) >= 11 is 0. The van der Waals surface area contributed by atoms with Gasteiger partial charge in [-0.2, -0.15) is 0 Å². The van der Waals surface area contributed by atoms with Gasteiger partial charge in [-0.25, -0.2) is 0 Å². The van der Waals surface area contributed by atoms with E-state index in [9.17, 15) is 4.79 Å². The highest BCUT2D eigenvalue weighted by Crippen LogP contribution is 2.33. The molecule has 0 aliphatic heterocycles. The fourth-order valence-electron chi connectivity index (χ4n) is 3.20. The van der Waals surface area contributed by atoms with Gasteiger partial charge in [-0.1, -0.05) is 12.1 Å². The van der Waals surface area contributed by atoms with Crippen LogP contribution in [0.3, 0.4) is 0 Å². The van der Waals surface area contributed by atoms with Crippen molar-refractivity contribution < 1.29 is 9.90 Å². The SMILES string of the molecule is Cc1cc(C)c2c(CCCC(=O)O)c(-c3ccccn3)[nH]c2c1. The minimum atomic E-state index is -0.753. The zero-order valence-corrected chi connectivity index (χ0v) is 13.4. The fourth-order valence-corrected chi connectivity index (χ4v) is 3.20. The van der Waals surface area contributed by atoms with Gasteiger partial charge in [0.15, 0.2) is 0 Å². The highest BCUT2D eigenvalue weighted by Gasteiger charge is 2.16. The van der Waals surface area contributed by atoms with Crippen LogP contribution >= 0.6 is 0 Å². The standard InChI is InChI=1S/C19H20N2O2/c1-12-10-13(2)18-14(6-5-8-17(22)23)19(21-16(18)11-12)15-7-3-4-9-20-15/h3-4,7,9-11,21H,5-6,8H2,1-2H3,(H,22,23). The van der Waals surface area contributed by atoms with E-state index in [1.165, 1.54) is 16.5 Å². The van der Waals surface area contributed by atoms with Crippen molar-refractivity contribution in [3.05, 3.63) is 53.2 Å². The molecule has 0 fully saturated rings. The first-order chi connectivity index (χ1) is 11.1. The average molecular weight is 308 g/mol. The normalized spacial score (nSPS) is 11.0. The minimum absolute atomic E-state index is 0.180. The van der Waals surface area contributed by atoms with Crippen molar-refractivity contribution in [1.82, 2.24) is 9.97 Å². The molecular weight excluding hydrogens is 288 g/mol. The van der Waals surface area contributed by atoms with Crippen LogP contribution in [0.1, 0.15) is 29.5 Å². The number of carboxylic acid groups (broad SMARTS) is 1. The molecule has 0 aliphatic carbocycles. The summed E-state index contributed by atoms with van der Waals surface area (Å²) in [5.74, 6) is -0.753. The highest BCUT2D eigenvalue weighted by atomic mass is 16.4. The van der Waals surface area contributed by atoms with E-state index in [2.05, 4.69) is 35.9 Å². The third kappa shape index (κ3) is 3.11. The Morgan fingerprint density at radius 1 is 1.26 bits per heavy atom. The predicted octanol–water partition coefficient (Wildman–Crippen LogP) is 4.25. The third-order valence-corrected chi connectivity index (χ3v) is 4.08. The number of carbonyl (C=O) groups is 1. The van der Waals surface area contributed by atoms with Crippen molar-refractivity contribution in [2.75, 3.05) is 0 Å². The Labute approximate surface area is 135 Å². The molecule has 0 aliphatic rings. The van der Waals surface area contributed by atoms with Crippen molar-refractivity contribution in [3.63, 3.8) is 0 Å². The Morgan fingerprint density at radius 3 is 2.78 bits per heavy atom. The van der Waals surface area contributed by atoms with Crippen LogP contribution in [-0.2, 0) is 11.2 Å². The molecule has 0 spiro atoms. The van der Waals surface area contributed by atoms with Gasteiger partial charge in [-0.15, -0.1) is 0 Å². The molecule has 2 N–H and O–H groups in total. The Kier molecular flexibility index (Phi) is 4.15. The second kappa shape index (κ2) is 6.24. The number of hydrogen-bond acceptors (Lipinski definition) is 2. The molecule has 0 radical (unpaired) electrons. The van der Waals surface area contributed by atoms with Crippen LogP contribution in [0, 0.1) is 13.8 Å². The van der Waals surface area contributed by atoms with E-state index in [4.69, 9.17) is 5.11 Å². The molecule has 2 aromatic heterocycles. The lowest BCUT2D eigenvalue weighted by Gasteiger charge is -2.06. The van der Waals surface area contributed by atoms with Crippen LogP contribution < -0.4 is 0 Å². The van der Waals surface area contributed by atoms with Crippen molar-refractivity contribution in [1.29, 1.82) is 0 Å². The molecule has 0 saturated carbocycles. The average Bonchev–Trinajstić information content (AvgIpc) is 2.86. The summed E-state index contributed by atoms with van der Waals surface area (Å²) in [7, 11) is 0. The number of aliphatic carboxylic acids is 1. The second-order valence-corrected chi connectivity index (χ2v) is 5.95. The molecule has 118 valence electrons. The summed E-state index contributed by atoms with van der Waals surface area (Å²) in [4.78, 5) is 18.8. The summed E-state index contributed by atoms with van der Waals surface area (Å²) in [5.41, 5.74) is 6.57. The van der Waals surface area contributed by atoms with Gasteiger partial charge in [0, 0.05) is 23.5 Å². The molecule has 0 unspecified atom stereocenters. The number of nitrogens with one attached hydrogen (secondary N) is 1. The molecule has 0 saturated heterocycles. The summed E-state index contributed by atoms with van der Waals surface area (Å²) in [6.45, 7) is 4.18. The van der Waals surface area contributed by atoms with Crippen LogP contribution in [0.2, 0.25) is 0 Å². The molecular formula is C19H20N2O2. The lowest BCUT2D eigenvalue weighted by molar-refractivity contribution is -0.137. The number of aryl methyl sites for hydroxylation is 3. The Bertz CT molecular complexity index is 851. The Hall–Kier alpha value is -2.62. The molecule has 3 rings (SSSR count). The van der Waals surface area contributed by atoms with Gasteiger partial charge in [0.25, 0.3) is 0 Å². The molecule has 4 nitrogen and oxygen atoms in total. The monoisotopic (exact) mass is 308 g/mol. The molecule has 2 heterocycles. The summed E-state index contributed by atoms with van der Waals surface area (Å²) in [6.07, 6.45) is 3.30. The zero-order chi connectivity index (χ0) is 16.4. The van der Waals surface area contributed by atoms with Gasteiger partial charge in [0.2, 0.25) is 0 Å². The van der Waals surface area contributed by atoms with Crippen molar-refractivity contribution in [2.24, 2.45) is 0 Å². The topological polar surface area (TPSA) is 66.0 Å². The van der Waals surface area contributed by atoms with Crippen LogP contribution in [-0.4, -0.2) is 21.0 Å². The maximum atomic E-state index is 10.8. The van der Waals surface area contributed by atoms with Gasteiger partial charge in [-0.3, -0.25) is 9.78 Å². The quantitative estimate of drug-likeness (QED) is 0.740. The smallest absolute Gasteiger partial charge is 0.303 e. The number of benzene rings is 1. The van der Waals surface area contributed by atoms with E-state index in [1.54, 1.807) is 6.20 Å². The molecule has 0 atom stereocenters.